The molecule has 1 atom stereocenters. The van der Waals surface area contributed by atoms with Gasteiger partial charge >= 0.3 is 0 Å². The molecule has 0 saturated carbocycles. The molecular formula is C16H11Cl14O. The zero-order valence-corrected chi connectivity index (χ0v) is 25.7. The molecule has 1 nitrogen and oxygen atoms in total. The smallest absolute Gasteiger partial charge is 0.226 e. The van der Waals surface area contributed by atoms with Crippen LogP contribution >= 0.6 is 162 Å². The molecule has 0 spiro atoms. The monoisotopic (exact) mass is 709 g/mol. The minimum atomic E-state index is -2.46. The fourth-order valence-electron chi connectivity index (χ4n) is 2.45. The molecule has 0 amide bonds. The van der Waals surface area contributed by atoms with Gasteiger partial charge in [-0.05, 0) is 22.6 Å². The Balaban J connectivity index is 4.06. The van der Waals surface area contributed by atoms with Gasteiger partial charge in [-0.2, -0.15) is 0 Å². The minimum Gasteiger partial charge on any atom is -0.228 e. The third-order valence-corrected chi connectivity index (χ3v) is 12.0. The molecule has 31 heavy (non-hydrogen) atoms. The summed E-state index contributed by atoms with van der Waals surface area (Å²) in [5.74, 6) is -0.561. The van der Waals surface area contributed by atoms with E-state index in [4.69, 9.17) is 162 Å². The van der Waals surface area contributed by atoms with Crippen LogP contribution in [0.1, 0.15) is 36.6 Å². The molecule has 0 fully saturated rings. The van der Waals surface area contributed by atoms with Gasteiger partial charge < -0.3 is 0 Å². The maximum atomic E-state index is 13.3. The second-order valence-electron chi connectivity index (χ2n) is 6.72. The number of halogens is 14. The lowest BCUT2D eigenvalue weighted by Gasteiger charge is -2.42. The average molecular weight is 716 g/mol. The number of hydrogen-bond donors (Lipinski definition) is 0. The molecule has 1 aromatic rings. The molecule has 1 unspecified atom stereocenters. The van der Waals surface area contributed by atoms with Gasteiger partial charge in [-0.3, -0.25) is 0 Å². The Labute approximate surface area is 250 Å². The fraction of sp³-hybridized carbons (Fsp3) is 0.625. The summed E-state index contributed by atoms with van der Waals surface area (Å²) in [6.45, 7) is 3.22. The molecule has 0 aliphatic carbocycles. The van der Waals surface area contributed by atoms with Crippen molar-refractivity contribution < 1.29 is 5.11 Å². The maximum Gasteiger partial charge on any atom is 0.226 e. The summed E-state index contributed by atoms with van der Waals surface area (Å²) >= 11 is 86.3. The third kappa shape index (κ3) is 6.05. The van der Waals surface area contributed by atoms with E-state index in [1.165, 1.54) is 18.2 Å². The van der Waals surface area contributed by atoms with E-state index in [1.54, 1.807) is 13.8 Å². The fourth-order valence-corrected chi connectivity index (χ4v) is 5.51. The van der Waals surface area contributed by atoms with E-state index >= 15 is 0 Å². The first-order valence-corrected chi connectivity index (χ1v) is 13.2. The topological polar surface area (TPSA) is 19.9 Å². The van der Waals surface area contributed by atoms with Gasteiger partial charge in [-0.25, -0.2) is 5.11 Å². The molecule has 0 N–H and O–H groups in total. The second-order valence-corrected chi connectivity index (χ2v) is 16.6. The molecular weight excluding hydrogens is 705 g/mol. The number of benzene rings is 1. The molecule has 15 heteroatoms. The van der Waals surface area contributed by atoms with Crippen molar-refractivity contribution in [3.63, 3.8) is 0 Å². The summed E-state index contributed by atoms with van der Waals surface area (Å²) in [5, 5.41) is 13.3. The molecule has 0 aliphatic heterocycles. The van der Waals surface area contributed by atoms with Crippen LogP contribution in [0, 0.1) is 5.92 Å². The van der Waals surface area contributed by atoms with Crippen LogP contribution in [0.15, 0.2) is 18.2 Å². The lowest BCUT2D eigenvalue weighted by molar-refractivity contribution is 0.0468. The zero-order chi connectivity index (χ0) is 25.0. The largest absolute Gasteiger partial charge is 0.228 e. The normalized spacial score (nSPS) is 16.1. The molecule has 1 aromatic carbocycles. The van der Waals surface area contributed by atoms with E-state index in [-0.39, 0.29) is 16.7 Å². The quantitative estimate of drug-likeness (QED) is 0.261. The standard InChI is InChI=1S/C16H11Cl14O/c1-6(2)10(31)9-7(11(17,18)13(21,22)15(25,26)27)4-3-5-8(9)12(19,20)14(23,24)16(28,29)30/h3-6,10H,1-2H3. The lowest BCUT2D eigenvalue weighted by Crippen LogP contribution is -2.47. The molecule has 0 aliphatic rings. The van der Waals surface area contributed by atoms with Crippen molar-refractivity contribution in [1.82, 2.24) is 0 Å². The van der Waals surface area contributed by atoms with Crippen LogP contribution in [-0.2, 0) is 13.8 Å². The maximum absolute atomic E-state index is 13.3. The number of rotatable bonds is 6. The van der Waals surface area contributed by atoms with Gasteiger partial charge in [0.2, 0.25) is 16.3 Å². The highest BCUT2D eigenvalue weighted by Crippen LogP contribution is 2.65. The molecule has 1 rings (SSSR count). The highest BCUT2D eigenvalue weighted by Gasteiger charge is 2.64. The van der Waals surface area contributed by atoms with Gasteiger partial charge in [0.1, 0.15) is 6.10 Å². The van der Waals surface area contributed by atoms with Crippen LogP contribution < -0.4 is 0 Å². The minimum absolute atomic E-state index is 0.169. The van der Waals surface area contributed by atoms with Crippen LogP contribution in [0.2, 0.25) is 0 Å². The highest BCUT2D eigenvalue weighted by molar-refractivity contribution is 6.79. The van der Waals surface area contributed by atoms with Crippen LogP contribution in [0.4, 0.5) is 0 Å². The first-order chi connectivity index (χ1) is 13.5. The summed E-state index contributed by atoms with van der Waals surface area (Å²) in [5.41, 5.74) is -0.512. The molecule has 0 heterocycles. The Morgan fingerprint density at radius 2 is 0.903 bits per heavy atom. The average Bonchev–Trinajstić information content (AvgIpc) is 2.57. The molecule has 0 aromatic heterocycles. The number of hydrogen-bond acceptors (Lipinski definition) is 0. The summed E-state index contributed by atoms with van der Waals surface area (Å²) in [7, 11) is 0. The van der Waals surface area contributed by atoms with Crippen molar-refractivity contribution in [1.29, 1.82) is 0 Å². The van der Waals surface area contributed by atoms with Crippen molar-refractivity contribution in [2.75, 3.05) is 0 Å². The highest BCUT2D eigenvalue weighted by atomic mass is 35.6. The second kappa shape index (κ2) is 10.5. The Bertz CT molecular complexity index is 734. The SMILES string of the molecule is CC(C)C([O])c1c(C(Cl)(Cl)C(Cl)(Cl)C(Cl)(Cl)Cl)cccc1C(Cl)(Cl)C(Cl)(Cl)C(Cl)(Cl)Cl. The molecule has 0 saturated heterocycles. The van der Waals surface area contributed by atoms with E-state index in [0.717, 1.165) is 0 Å². The van der Waals surface area contributed by atoms with Gasteiger partial charge in [-0.1, -0.05) is 194 Å². The van der Waals surface area contributed by atoms with Crippen molar-refractivity contribution in [3.05, 3.63) is 34.9 Å². The number of alkyl halides is 14. The predicted octanol–water partition coefficient (Wildman–Crippen LogP) is 11.2. The van der Waals surface area contributed by atoms with Crippen molar-refractivity contribution in [2.45, 2.75) is 44.9 Å². The van der Waals surface area contributed by atoms with Gasteiger partial charge in [0.05, 0.1) is 0 Å². The van der Waals surface area contributed by atoms with E-state index in [0.29, 0.717) is 0 Å². The van der Waals surface area contributed by atoms with Crippen LogP contribution in [0.5, 0.6) is 0 Å². The molecule has 1 radical (unpaired) electrons. The molecule has 179 valence electrons. The summed E-state index contributed by atoms with van der Waals surface area (Å²) in [6.07, 6.45) is -1.57. The summed E-state index contributed by atoms with van der Waals surface area (Å²) < 4.78 is -14.5. The Kier molecular flexibility index (Phi) is 11.0. The zero-order valence-electron chi connectivity index (χ0n) is 15.1. The van der Waals surface area contributed by atoms with Crippen LogP contribution in [0.3, 0.4) is 0 Å². The predicted molar refractivity (Wildman–Crippen MR) is 141 cm³/mol. The van der Waals surface area contributed by atoms with E-state index < -0.39 is 36.9 Å². The first kappa shape index (κ1) is 32.3. The van der Waals surface area contributed by atoms with Gasteiger partial charge in [0.15, 0.2) is 8.67 Å². The van der Waals surface area contributed by atoms with Crippen LogP contribution in [0.25, 0.3) is 0 Å². The van der Waals surface area contributed by atoms with Crippen LogP contribution in [-0.4, -0.2) is 16.3 Å². The van der Waals surface area contributed by atoms with E-state index in [9.17, 15) is 5.11 Å². The van der Waals surface area contributed by atoms with Crippen molar-refractivity contribution >= 4 is 162 Å². The summed E-state index contributed by atoms with van der Waals surface area (Å²) in [6, 6.07) is 4.02. The third-order valence-electron chi connectivity index (χ3n) is 4.17. The Morgan fingerprint density at radius 1 is 0.613 bits per heavy atom. The van der Waals surface area contributed by atoms with Crippen molar-refractivity contribution in [3.8, 4) is 0 Å². The first-order valence-electron chi connectivity index (χ1n) is 7.90. The Hall–Kier alpha value is 3.24. The van der Waals surface area contributed by atoms with E-state index in [1.807, 2.05) is 0 Å². The van der Waals surface area contributed by atoms with Gasteiger partial charge in [0, 0.05) is 0 Å². The van der Waals surface area contributed by atoms with Gasteiger partial charge in [0.25, 0.3) is 0 Å². The Morgan fingerprint density at radius 3 is 1.13 bits per heavy atom. The van der Waals surface area contributed by atoms with Gasteiger partial charge in [-0.15, -0.1) is 0 Å². The van der Waals surface area contributed by atoms with Crippen molar-refractivity contribution in [2.24, 2.45) is 5.92 Å². The summed E-state index contributed by atoms with van der Waals surface area (Å²) in [4.78, 5) is 0. The lowest BCUT2D eigenvalue weighted by atomic mass is 9.86. The molecule has 0 bridgehead atoms. The van der Waals surface area contributed by atoms with E-state index in [2.05, 4.69) is 0 Å².